The van der Waals surface area contributed by atoms with Gasteiger partial charge < -0.3 is 4.98 Å². The summed E-state index contributed by atoms with van der Waals surface area (Å²) in [6.45, 7) is 3.82. The van der Waals surface area contributed by atoms with E-state index in [-0.39, 0.29) is 0 Å². The number of aromatic nitrogens is 1. The number of rotatable bonds is 4. The minimum atomic E-state index is 0.854. The first-order valence-corrected chi connectivity index (χ1v) is 6.82. The molecule has 0 spiro atoms. The molecule has 2 aromatic carbocycles. The highest BCUT2D eigenvalue weighted by molar-refractivity contribution is 5.81. The van der Waals surface area contributed by atoms with Gasteiger partial charge in [-0.3, -0.25) is 0 Å². The van der Waals surface area contributed by atoms with Crippen molar-refractivity contribution in [3.63, 3.8) is 0 Å². The van der Waals surface area contributed by atoms with Crippen molar-refractivity contribution in [3.05, 3.63) is 85.1 Å². The highest BCUT2D eigenvalue weighted by Crippen LogP contribution is 2.32. The Kier molecular flexibility index (Phi) is 3.51. The van der Waals surface area contributed by atoms with E-state index in [1.165, 1.54) is 28.1 Å². The molecule has 20 heavy (non-hydrogen) atoms. The normalized spacial score (nSPS) is 10.4. The van der Waals surface area contributed by atoms with E-state index in [0.717, 1.165) is 6.42 Å². The van der Waals surface area contributed by atoms with Crippen molar-refractivity contribution < 1.29 is 0 Å². The maximum Gasteiger partial charge on any atom is 0.0535 e. The van der Waals surface area contributed by atoms with Crippen molar-refractivity contribution in [3.8, 4) is 22.4 Å². The molecule has 1 N–H and O–H groups in total. The van der Waals surface area contributed by atoms with E-state index in [2.05, 4.69) is 66.2 Å². The topological polar surface area (TPSA) is 15.8 Å². The first kappa shape index (κ1) is 12.5. The summed E-state index contributed by atoms with van der Waals surface area (Å²) in [6.07, 6.45) is 2.78. The van der Waals surface area contributed by atoms with Crippen LogP contribution < -0.4 is 0 Å². The van der Waals surface area contributed by atoms with Crippen LogP contribution in [0.4, 0.5) is 0 Å². The first-order valence-electron chi connectivity index (χ1n) is 6.82. The molecule has 1 heteroatoms. The third kappa shape index (κ3) is 2.43. The Labute approximate surface area is 119 Å². The van der Waals surface area contributed by atoms with E-state index in [1.54, 1.807) is 0 Å². The fourth-order valence-electron chi connectivity index (χ4n) is 2.45. The van der Waals surface area contributed by atoms with E-state index < -0.39 is 0 Å². The Hall–Kier alpha value is -2.54. The molecule has 0 saturated heterocycles. The summed E-state index contributed by atoms with van der Waals surface area (Å²) < 4.78 is 0. The van der Waals surface area contributed by atoms with Gasteiger partial charge in [0.2, 0.25) is 0 Å². The average molecular weight is 259 g/mol. The third-order valence-corrected chi connectivity index (χ3v) is 3.38. The van der Waals surface area contributed by atoms with Crippen LogP contribution >= 0.6 is 0 Å². The van der Waals surface area contributed by atoms with Crippen LogP contribution in [0.15, 0.2) is 79.4 Å². The Bertz CT molecular complexity index is 636. The lowest BCUT2D eigenvalue weighted by molar-refractivity contribution is 1.16. The van der Waals surface area contributed by atoms with Gasteiger partial charge in [-0.1, -0.05) is 66.7 Å². The number of allylic oxidation sites excluding steroid dienone is 1. The van der Waals surface area contributed by atoms with Crippen LogP contribution in [0.2, 0.25) is 0 Å². The van der Waals surface area contributed by atoms with Crippen LogP contribution in [0.25, 0.3) is 22.4 Å². The van der Waals surface area contributed by atoms with E-state index >= 15 is 0 Å². The maximum atomic E-state index is 3.82. The smallest absolute Gasteiger partial charge is 0.0535 e. The predicted octanol–water partition coefficient (Wildman–Crippen LogP) is 5.08. The third-order valence-electron chi connectivity index (χ3n) is 3.38. The first-order chi connectivity index (χ1) is 9.88. The van der Waals surface area contributed by atoms with Gasteiger partial charge in [0, 0.05) is 17.7 Å². The van der Waals surface area contributed by atoms with Crippen molar-refractivity contribution in [2.24, 2.45) is 0 Å². The van der Waals surface area contributed by atoms with Gasteiger partial charge in [-0.25, -0.2) is 0 Å². The van der Waals surface area contributed by atoms with Crippen molar-refractivity contribution >= 4 is 0 Å². The molecule has 0 saturated carbocycles. The van der Waals surface area contributed by atoms with Crippen molar-refractivity contribution in [1.29, 1.82) is 0 Å². The van der Waals surface area contributed by atoms with Gasteiger partial charge in [0.15, 0.2) is 0 Å². The second-order valence-corrected chi connectivity index (χ2v) is 4.81. The lowest BCUT2D eigenvalue weighted by atomic mass is 10.0. The van der Waals surface area contributed by atoms with Gasteiger partial charge in [0.1, 0.15) is 0 Å². The standard InChI is InChI=1S/C19H17N/c1-2-9-17-14-18(15-10-5-3-6-11-15)19(20-17)16-12-7-4-8-13-16/h2-8,10-14,20H,1,9H2. The number of H-pyrrole nitrogens is 1. The molecule has 3 aromatic rings. The Morgan fingerprint density at radius 3 is 2.05 bits per heavy atom. The number of benzene rings is 2. The molecule has 0 radical (unpaired) electrons. The zero-order chi connectivity index (χ0) is 13.8. The Morgan fingerprint density at radius 2 is 1.45 bits per heavy atom. The second kappa shape index (κ2) is 5.62. The summed E-state index contributed by atoms with van der Waals surface area (Å²) in [6, 6.07) is 23.2. The molecule has 0 amide bonds. The number of aromatic amines is 1. The van der Waals surface area contributed by atoms with Crippen LogP contribution in [0.5, 0.6) is 0 Å². The van der Waals surface area contributed by atoms with Crippen molar-refractivity contribution in [2.45, 2.75) is 6.42 Å². The molecule has 0 aliphatic rings. The Balaban J connectivity index is 2.15. The lowest BCUT2D eigenvalue weighted by Crippen LogP contribution is -1.83. The number of hydrogen-bond donors (Lipinski definition) is 1. The molecule has 1 heterocycles. The van der Waals surface area contributed by atoms with Gasteiger partial charge in [-0.05, 0) is 17.2 Å². The fraction of sp³-hybridized carbons (Fsp3) is 0.0526. The zero-order valence-electron chi connectivity index (χ0n) is 11.3. The summed E-state index contributed by atoms with van der Waals surface area (Å²) in [5, 5.41) is 0. The SMILES string of the molecule is C=CCc1cc(-c2ccccc2)c(-c2ccccc2)[nH]1. The summed E-state index contributed by atoms with van der Waals surface area (Å²) >= 11 is 0. The molecule has 0 aliphatic heterocycles. The molecule has 1 nitrogen and oxygen atoms in total. The van der Waals surface area contributed by atoms with Crippen molar-refractivity contribution in [2.75, 3.05) is 0 Å². The van der Waals surface area contributed by atoms with Gasteiger partial charge in [-0.15, -0.1) is 6.58 Å². The summed E-state index contributed by atoms with van der Waals surface area (Å²) in [5.74, 6) is 0. The summed E-state index contributed by atoms with van der Waals surface area (Å²) in [4.78, 5) is 3.53. The maximum absolute atomic E-state index is 3.82. The lowest BCUT2D eigenvalue weighted by Gasteiger charge is -2.04. The minimum absolute atomic E-state index is 0.854. The van der Waals surface area contributed by atoms with E-state index in [4.69, 9.17) is 0 Å². The summed E-state index contributed by atoms with van der Waals surface area (Å²) in [5.41, 5.74) is 6.06. The van der Waals surface area contributed by atoms with E-state index in [0.29, 0.717) is 0 Å². The molecule has 98 valence electrons. The van der Waals surface area contributed by atoms with Gasteiger partial charge in [0.25, 0.3) is 0 Å². The largest absolute Gasteiger partial charge is 0.358 e. The number of hydrogen-bond acceptors (Lipinski definition) is 0. The van der Waals surface area contributed by atoms with Gasteiger partial charge in [0.05, 0.1) is 5.69 Å². The zero-order valence-corrected chi connectivity index (χ0v) is 11.3. The van der Waals surface area contributed by atoms with Crippen LogP contribution in [0.3, 0.4) is 0 Å². The van der Waals surface area contributed by atoms with Crippen LogP contribution in [0, 0.1) is 0 Å². The quantitative estimate of drug-likeness (QED) is 0.629. The molecule has 0 bridgehead atoms. The molecule has 0 aliphatic carbocycles. The summed E-state index contributed by atoms with van der Waals surface area (Å²) in [7, 11) is 0. The fourth-order valence-corrected chi connectivity index (χ4v) is 2.45. The molecule has 0 unspecified atom stereocenters. The molecule has 0 fully saturated rings. The highest BCUT2D eigenvalue weighted by Gasteiger charge is 2.11. The van der Waals surface area contributed by atoms with Gasteiger partial charge in [-0.2, -0.15) is 0 Å². The van der Waals surface area contributed by atoms with E-state index in [1.807, 2.05) is 18.2 Å². The van der Waals surface area contributed by atoms with Crippen LogP contribution in [-0.4, -0.2) is 4.98 Å². The molecule has 0 atom stereocenters. The van der Waals surface area contributed by atoms with Gasteiger partial charge >= 0.3 is 0 Å². The van der Waals surface area contributed by atoms with Crippen LogP contribution in [-0.2, 0) is 6.42 Å². The average Bonchev–Trinajstić information content (AvgIpc) is 2.93. The van der Waals surface area contributed by atoms with Crippen molar-refractivity contribution in [1.82, 2.24) is 4.98 Å². The van der Waals surface area contributed by atoms with E-state index in [9.17, 15) is 0 Å². The highest BCUT2D eigenvalue weighted by atomic mass is 14.7. The second-order valence-electron chi connectivity index (χ2n) is 4.81. The molecular weight excluding hydrogens is 242 g/mol. The predicted molar refractivity (Wildman–Crippen MR) is 85.6 cm³/mol. The Morgan fingerprint density at radius 1 is 0.850 bits per heavy atom. The number of nitrogens with one attached hydrogen (secondary N) is 1. The molecule has 3 rings (SSSR count). The monoisotopic (exact) mass is 259 g/mol. The molecule has 1 aromatic heterocycles. The minimum Gasteiger partial charge on any atom is -0.358 e. The van der Waals surface area contributed by atoms with Crippen LogP contribution in [0.1, 0.15) is 5.69 Å². The molecular formula is C19H17N.